The minimum Gasteiger partial charge on any atom is -0.382 e. The Balaban J connectivity index is 1.44. The fourth-order valence-electron chi connectivity index (χ4n) is 4.76. The van der Waals surface area contributed by atoms with Crippen LogP contribution in [0.5, 0.6) is 0 Å². The standard InChI is InChI=1S/C27H22N6O2S/c1-33(17-6-7-18-15(11-17)3-2-4-22(18)34)21-8-5-16-12-29-10-9-19(16)23(21)32-27(35)20-13-36-25-24(20)30-14-31-26(25)28/h5-14H,2-4H2,1H3,(H,32,35)(H2,28,30,31). The molecule has 8 nitrogen and oxygen atoms in total. The van der Waals surface area contributed by atoms with Crippen LogP contribution in [0.15, 0.2) is 60.5 Å². The molecule has 0 saturated carbocycles. The Kier molecular flexibility index (Phi) is 5.34. The number of anilines is 4. The first kappa shape index (κ1) is 22.1. The molecule has 0 aliphatic heterocycles. The van der Waals surface area contributed by atoms with Crippen LogP contribution >= 0.6 is 11.3 Å². The highest BCUT2D eigenvalue weighted by molar-refractivity contribution is 7.18. The summed E-state index contributed by atoms with van der Waals surface area (Å²) in [5, 5.41) is 6.65. The summed E-state index contributed by atoms with van der Waals surface area (Å²) in [6, 6.07) is 11.8. The summed E-state index contributed by atoms with van der Waals surface area (Å²) in [6.07, 6.45) is 7.20. The van der Waals surface area contributed by atoms with Gasteiger partial charge in [0.1, 0.15) is 12.1 Å². The number of nitrogens with two attached hydrogens (primary N) is 1. The molecule has 0 unspecified atom stereocenters. The van der Waals surface area contributed by atoms with Gasteiger partial charge in [-0.1, -0.05) is 6.07 Å². The van der Waals surface area contributed by atoms with Gasteiger partial charge in [-0.05, 0) is 48.7 Å². The van der Waals surface area contributed by atoms with Crippen molar-refractivity contribution >= 4 is 66.9 Å². The molecule has 6 rings (SSSR count). The van der Waals surface area contributed by atoms with Gasteiger partial charge < -0.3 is 16.0 Å². The lowest BCUT2D eigenvalue weighted by Gasteiger charge is -2.26. The molecule has 2 aromatic carbocycles. The number of ketones is 1. The summed E-state index contributed by atoms with van der Waals surface area (Å²) < 4.78 is 0.686. The Hall–Kier alpha value is -4.37. The summed E-state index contributed by atoms with van der Waals surface area (Å²) >= 11 is 1.34. The topological polar surface area (TPSA) is 114 Å². The van der Waals surface area contributed by atoms with E-state index in [4.69, 9.17) is 5.73 Å². The normalized spacial score (nSPS) is 13.1. The summed E-state index contributed by atoms with van der Waals surface area (Å²) in [6.45, 7) is 0. The van der Waals surface area contributed by atoms with E-state index in [0.29, 0.717) is 33.7 Å². The highest BCUT2D eigenvalue weighted by Crippen LogP contribution is 2.38. The maximum Gasteiger partial charge on any atom is 0.258 e. The van der Waals surface area contributed by atoms with Gasteiger partial charge in [0.25, 0.3) is 5.91 Å². The van der Waals surface area contributed by atoms with E-state index in [-0.39, 0.29) is 11.7 Å². The van der Waals surface area contributed by atoms with Gasteiger partial charge in [0.2, 0.25) is 0 Å². The smallest absolute Gasteiger partial charge is 0.258 e. The third kappa shape index (κ3) is 3.64. The van der Waals surface area contributed by atoms with Crippen LogP contribution in [0.2, 0.25) is 0 Å². The molecule has 0 fully saturated rings. The van der Waals surface area contributed by atoms with Gasteiger partial charge in [-0.15, -0.1) is 11.3 Å². The SMILES string of the molecule is CN(c1ccc2c(c1)CCCC2=O)c1ccc2cnccc2c1NC(=O)c1csc2c(N)ncnc12. The van der Waals surface area contributed by atoms with Gasteiger partial charge in [0.05, 0.1) is 27.2 Å². The number of thiophene rings is 1. The zero-order valence-corrected chi connectivity index (χ0v) is 20.3. The molecule has 1 aliphatic rings. The van der Waals surface area contributed by atoms with E-state index >= 15 is 0 Å². The quantitative estimate of drug-likeness (QED) is 0.346. The number of aryl methyl sites for hydroxylation is 1. The molecule has 3 N–H and O–H groups in total. The zero-order chi connectivity index (χ0) is 24.8. The number of Topliss-reactive ketones (excluding diaryl/α,β-unsaturated/α-hetero) is 1. The van der Waals surface area contributed by atoms with Gasteiger partial charge in [-0.2, -0.15) is 0 Å². The molecule has 0 spiro atoms. The number of nitrogen functional groups attached to an aromatic ring is 1. The Morgan fingerprint density at radius 2 is 2.03 bits per heavy atom. The Morgan fingerprint density at radius 1 is 1.14 bits per heavy atom. The van der Waals surface area contributed by atoms with E-state index < -0.39 is 0 Å². The third-order valence-corrected chi connectivity index (χ3v) is 7.64. The molecule has 3 aromatic heterocycles. The molecule has 36 heavy (non-hydrogen) atoms. The van der Waals surface area contributed by atoms with Crippen LogP contribution in [0, 0.1) is 0 Å². The first-order chi connectivity index (χ1) is 17.5. The number of amides is 1. The second-order valence-corrected chi connectivity index (χ2v) is 9.65. The van der Waals surface area contributed by atoms with Gasteiger partial charge >= 0.3 is 0 Å². The van der Waals surface area contributed by atoms with E-state index in [0.717, 1.165) is 46.1 Å². The minimum atomic E-state index is -0.283. The average Bonchev–Trinajstić information content (AvgIpc) is 3.34. The van der Waals surface area contributed by atoms with E-state index in [1.807, 2.05) is 42.3 Å². The molecule has 0 bridgehead atoms. The predicted molar refractivity (Wildman–Crippen MR) is 143 cm³/mol. The number of aromatic nitrogens is 3. The average molecular weight is 495 g/mol. The monoisotopic (exact) mass is 494 g/mol. The number of pyridine rings is 1. The van der Waals surface area contributed by atoms with Crippen LogP contribution < -0.4 is 16.0 Å². The highest BCUT2D eigenvalue weighted by Gasteiger charge is 2.22. The lowest BCUT2D eigenvalue weighted by molar-refractivity contribution is 0.0971. The Labute approximate surface area is 210 Å². The lowest BCUT2D eigenvalue weighted by atomic mass is 9.90. The summed E-state index contributed by atoms with van der Waals surface area (Å²) in [7, 11) is 1.96. The number of hydrogen-bond acceptors (Lipinski definition) is 8. The van der Waals surface area contributed by atoms with Crippen LogP contribution in [-0.4, -0.2) is 33.7 Å². The molecule has 0 atom stereocenters. The molecule has 0 saturated heterocycles. The van der Waals surface area contributed by atoms with Crippen molar-refractivity contribution in [1.82, 2.24) is 15.0 Å². The van der Waals surface area contributed by atoms with Crippen LogP contribution in [0.3, 0.4) is 0 Å². The fraction of sp³-hybridized carbons (Fsp3) is 0.148. The number of nitrogens with one attached hydrogen (secondary N) is 1. The number of hydrogen-bond donors (Lipinski definition) is 2. The van der Waals surface area contributed by atoms with E-state index in [1.54, 1.807) is 17.8 Å². The van der Waals surface area contributed by atoms with Crippen molar-refractivity contribution in [3.8, 4) is 0 Å². The van der Waals surface area contributed by atoms with E-state index in [9.17, 15) is 9.59 Å². The van der Waals surface area contributed by atoms with Crippen LogP contribution in [0.4, 0.5) is 22.9 Å². The number of carbonyl (C=O) groups is 2. The Morgan fingerprint density at radius 3 is 2.92 bits per heavy atom. The van der Waals surface area contributed by atoms with Crippen molar-refractivity contribution in [2.24, 2.45) is 0 Å². The summed E-state index contributed by atoms with van der Waals surface area (Å²) in [5.41, 5.74) is 11.2. The number of fused-ring (bicyclic) bond motifs is 3. The molecule has 5 aromatic rings. The molecule has 0 radical (unpaired) electrons. The minimum absolute atomic E-state index is 0.198. The Bertz CT molecular complexity index is 1680. The van der Waals surface area contributed by atoms with Gasteiger partial charge in [0.15, 0.2) is 5.78 Å². The number of carbonyl (C=O) groups excluding carboxylic acids is 2. The van der Waals surface area contributed by atoms with Crippen LogP contribution in [0.25, 0.3) is 21.0 Å². The maximum absolute atomic E-state index is 13.5. The second kappa shape index (κ2) is 8.69. The number of rotatable bonds is 4. The summed E-state index contributed by atoms with van der Waals surface area (Å²) in [5.74, 6) is 0.269. The van der Waals surface area contributed by atoms with Crippen molar-refractivity contribution in [2.75, 3.05) is 23.0 Å². The van der Waals surface area contributed by atoms with Crippen molar-refractivity contribution in [3.05, 3.63) is 77.2 Å². The predicted octanol–water partition coefficient (Wildman–Crippen LogP) is 5.36. The van der Waals surface area contributed by atoms with Gasteiger partial charge in [0, 0.05) is 53.3 Å². The number of nitrogens with zero attached hydrogens (tertiary/aromatic N) is 4. The highest BCUT2D eigenvalue weighted by atomic mass is 32.1. The van der Waals surface area contributed by atoms with Crippen LogP contribution in [-0.2, 0) is 6.42 Å². The summed E-state index contributed by atoms with van der Waals surface area (Å²) in [4.78, 5) is 40.4. The fourth-order valence-corrected chi connectivity index (χ4v) is 5.66. The third-order valence-electron chi connectivity index (χ3n) is 6.65. The van der Waals surface area contributed by atoms with Gasteiger partial charge in [-0.25, -0.2) is 9.97 Å². The van der Waals surface area contributed by atoms with E-state index in [2.05, 4.69) is 26.3 Å². The van der Waals surface area contributed by atoms with Gasteiger partial charge in [-0.3, -0.25) is 14.6 Å². The molecule has 178 valence electrons. The molecule has 9 heteroatoms. The molecular formula is C27H22N6O2S. The lowest BCUT2D eigenvalue weighted by Crippen LogP contribution is -2.18. The number of benzene rings is 2. The first-order valence-corrected chi connectivity index (χ1v) is 12.4. The van der Waals surface area contributed by atoms with Crippen molar-refractivity contribution in [2.45, 2.75) is 19.3 Å². The van der Waals surface area contributed by atoms with E-state index in [1.165, 1.54) is 17.7 Å². The molecule has 1 aliphatic carbocycles. The van der Waals surface area contributed by atoms with Crippen molar-refractivity contribution in [3.63, 3.8) is 0 Å². The van der Waals surface area contributed by atoms with Crippen LogP contribution in [0.1, 0.15) is 39.1 Å². The molecular weight excluding hydrogens is 472 g/mol. The van der Waals surface area contributed by atoms with Crippen molar-refractivity contribution in [1.29, 1.82) is 0 Å². The zero-order valence-electron chi connectivity index (χ0n) is 19.5. The first-order valence-electron chi connectivity index (χ1n) is 11.6. The molecule has 3 heterocycles. The second-order valence-electron chi connectivity index (χ2n) is 8.77. The van der Waals surface area contributed by atoms with Crippen molar-refractivity contribution < 1.29 is 9.59 Å². The largest absolute Gasteiger partial charge is 0.382 e. The maximum atomic E-state index is 13.5. The molecule has 1 amide bonds.